The summed E-state index contributed by atoms with van der Waals surface area (Å²) in [5.41, 5.74) is 4.82. The van der Waals surface area contributed by atoms with E-state index >= 15 is 0 Å². The molecule has 0 fully saturated rings. The van der Waals surface area contributed by atoms with Gasteiger partial charge in [-0.1, -0.05) is 36.4 Å². The van der Waals surface area contributed by atoms with Crippen LogP contribution in [0.25, 0.3) is 0 Å². The van der Waals surface area contributed by atoms with Crippen LogP contribution in [0.5, 0.6) is 0 Å². The van der Waals surface area contributed by atoms with Crippen molar-refractivity contribution in [2.75, 3.05) is 5.75 Å². The van der Waals surface area contributed by atoms with Crippen molar-refractivity contribution in [3.63, 3.8) is 0 Å². The fourth-order valence-corrected chi connectivity index (χ4v) is 3.57. The topological polar surface area (TPSA) is 101 Å². The van der Waals surface area contributed by atoms with Crippen LogP contribution in [0, 0.1) is 0 Å². The Bertz CT molecular complexity index is 750. The lowest BCUT2D eigenvalue weighted by Crippen LogP contribution is -2.60. The van der Waals surface area contributed by atoms with Crippen LogP contribution in [0.3, 0.4) is 0 Å². The maximum Gasteiger partial charge on any atom is 0.262 e. The normalized spacial score (nSPS) is 12.8. The third-order valence-corrected chi connectivity index (χ3v) is 4.94. The van der Waals surface area contributed by atoms with E-state index in [0.29, 0.717) is 10.6 Å². The standard InChI is InChI=1S/C18H21N3O3S2/c19-15(22)11-18(8-9-25,21-16(23)14-7-4-10-26-14)17(24)20-12-13-5-2-1-3-6-13/h1-7,10,25H,8-9,11-12H2,(H2,19,22)(H,20,24)(H,21,23). The third kappa shape index (κ3) is 5.34. The van der Waals surface area contributed by atoms with Crippen molar-refractivity contribution in [2.45, 2.75) is 24.9 Å². The number of amides is 3. The average Bonchev–Trinajstić information content (AvgIpc) is 3.15. The molecule has 6 nitrogen and oxygen atoms in total. The number of nitrogens with two attached hydrogens (primary N) is 1. The summed E-state index contributed by atoms with van der Waals surface area (Å²) in [7, 11) is 0. The summed E-state index contributed by atoms with van der Waals surface area (Å²) >= 11 is 5.44. The first-order valence-corrected chi connectivity index (χ1v) is 9.55. The number of hydrogen-bond acceptors (Lipinski definition) is 5. The molecule has 8 heteroatoms. The van der Waals surface area contributed by atoms with E-state index in [0.717, 1.165) is 5.56 Å². The number of carbonyl (C=O) groups is 3. The van der Waals surface area contributed by atoms with Gasteiger partial charge in [-0.15, -0.1) is 11.3 Å². The fraction of sp³-hybridized carbons (Fsp3) is 0.278. The van der Waals surface area contributed by atoms with Crippen LogP contribution in [-0.4, -0.2) is 29.0 Å². The smallest absolute Gasteiger partial charge is 0.262 e. The van der Waals surface area contributed by atoms with Gasteiger partial charge in [-0.05, 0) is 29.2 Å². The molecule has 0 saturated heterocycles. The van der Waals surface area contributed by atoms with E-state index in [1.54, 1.807) is 17.5 Å². The van der Waals surface area contributed by atoms with Crippen LogP contribution in [0.1, 0.15) is 28.1 Å². The van der Waals surface area contributed by atoms with Gasteiger partial charge in [0.25, 0.3) is 5.91 Å². The molecule has 0 aliphatic heterocycles. The Kier molecular flexibility index (Phi) is 7.23. The van der Waals surface area contributed by atoms with Gasteiger partial charge in [0, 0.05) is 6.54 Å². The van der Waals surface area contributed by atoms with Crippen molar-refractivity contribution >= 4 is 41.7 Å². The second-order valence-corrected chi connectivity index (χ2v) is 7.19. The van der Waals surface area contributed by atoms with E-state index in [4.69, 9.17) is 5.73 Å². The van der Waals surface area contributed by atoms with E-state index in [9.17, 15) is 14.4 Å². The molecule has 2 aromatic rings. The molecule has 1 atom stereocenters. The van der Waals surface area contributed by atoms with Gasteiger partial charge in [0.15, 0.2) is 0 Å². The monoisotopic (exact) mass is 391 g/mol. The molecule has 4 N–H and O–H groups in total. The number of rotatable bonds is 9. The molecule has 0 aliphatic rings. The number of thiol groups is 1. The van der Waals surface area contributed by atoms with Gasteiger partial charge < -0.3 is 16.4 Å². The van der Waals surface area contributed by atoms with E-state index in [1.807, 2.05) is 30.3 Å². The SMILES string of the molecule is NC(=O)CC(CCS)(NC(=O)c1cccs1)C(=O)NCc1ccccc1. The lowest BCUT2D eigenvalue weighted by molar-refractivity contribution is -0.131. The molecule has 2 rings (SSSR count). The maximum absolute atomic E-state index is 12.9. The highest BCUT2D eigenvalue weighted by atomic mass is 32.1. The van der Waals surface area contributed by atoms with Crippen LogP contribution < -0.4 is 16.4 Å². The van der Waals surface area contributed by atoms with Gasteiger partial charge in [-0.3, -0.25) is 14.4 Å². The van der Waals surface area contributed by atoms with Crippen molar-refractivity contribution in [1.82, 2.24) is 10.6 Å². The molecular weight excluding hydrogens is 370 g/mol. The fourth-order valence-electron chi connectivity index (χ4n) is 2.57. The number of hydrogen-bond donors (Lipinski definition) is 4. The Labute approximate surface area is 161 Å². The number of benzene rings is 1. The number of carbonyl (C=O) groups excluding carboxylic acids is 3. The lowest BCUT2D eigenvalue weighted by atomic mass is 9.89. The van der Waals surface area contributed by atoms with Crippen molar-refractivity contribution in [3.05, 3.63) is 58.3 Å². The Hall–Kier alpha value is -2.32. The minimum Gasteiger partial charge on any atom is -0.370 e. The second kappa shape index (κ2) is 9.40. The summed E-state index contributed by atoms with van der Waals surface area (Å²) in [5.74, 6) is -1.25. The first-order chi connectivity index (χ1) is 12.5. The predicted octanol–water partition coefficient (Wildman–Crippen LogP) is 1.73. The Morgan fingerprint density at radius 1 is 1.12 bits per heavy atom. The van der Waals surface area contributed by atoms with Crippen molar-refractivity contribution < 1.29 is 14.4 Å². The van der Waals surface area contributed by atoms with Crippen molar-refractivity contribution in [1.29, 1.82) is 0 Å². The maximum atomic E-state index is 12.9. The van der Waals surface area contributed by atoms with Crippen LogP contribution in [0.4, 0.5) is 0 Å². The second-order valence-electron chi connectivity index (χ2n) is 5.80. The summed E-state index contributed by atoms with van der Waals surface area (Å²) in [6.45, 7) is 0.279. The number of primary amides is 1. The van der Waals surface area contributed by atoms with Crippen LogP contribution in [-0.2, 0) is 16.1 Å². The highest BCUT2D eigenvalue weighted by Crippen LogP contribution is 2.20. The molecule has 0 bridgehead atoms. The van der Waals surface area contributed by atoms with Gasteiger partial charge >= 0.3 is 0 Å². The molecule has 0 spiro atoms. The molecule has 1 aromatic carbocycles. The number of thiophene rings is 1. The average molecular weight is 392 g/mol. The van der Waals surface area contributed by atoms with Gasteiger partial charge in [0.1, 0.15) is 5.54 Å². The van der Waals surface area contributed by atoms with Crippen molar-refractivity contribution in [3.8, 4) is 0 Å². The highest BCUT2D eigenvalue weighted by Gasteiger charge is 2.41. The largest absolute Gasteiger partial charge is 0.370 e. The van der Waals surface area contributed by atoms with E-state index < -0.39 is 23.3 Å². The molecule has 0 saturated carbocycles. The molecule has 3 amide bonds. The van der Waals surface area contributed by atoms with E-state index in [1.165, 1.54) is 11.3 Å². The zero-order valence-corrected chi connectivity index (χ0v) is 15.8. The molecule has 1 heterocycles. The highest BCUT2D eigenvalue weighted by molar-refractivity contribution is 7.80. The predicted molar refractivity (Wildman–Crippen MR) is 105 cm³/mol. The molecule has 0 aliphatic carbocycles. The summed E-state index contributed by atoms with van der Waals surface area (Å²) in [4.78, 5) is 37.5. The zero-order valence-electron chi connectivity index (χ0n) is 14.1. The Balaban J connectivity index is 2.20. The first kappa shape index (κ1) is 20.0. The molecular formula is C18H21N3O3S2. The van der Waals surface area contributed by atoms with Gasteiger partial charge in [-0.25, -0.2) is 0 Å². The zero-order chi connectivity index (χ0) is 19.0. The third-order valence-electron chi connectivity index (χ3n) is 3.84. The van der Waals surface area contributed by atoms with E-state index in [2.05, 4.69) is 23.3 Å². The molecule has 26 heavy (non-hydrogen) atoms. The van der Waals surface area contributed by atoms with Gasteiger partial charge in [-0.2, -0.15) is 12.6 Å². The van der Waals surface area contributed by atoms with Gasteiger partial charge in [0.2, 0.25) is 11.8 Å². The Morgan fingerprint density at radius 3 is 2.42 bits per heavy atom. The molecule has 1 aromatic heterocycles. The van der Waals surface area contributed by atoms with Crippen LogP contribution in [0.15, 0.2) is 47.8 Å². The van der Waals surface area contributed by atoms with Crippen LogP contribution in [0.2, 0.25) is 0 Å². The quantitative estimate of drug-likeness (QED) is 0.490. The minimum atomic E-state index is -1.44. The Morgan fingerprint density at radius 2 is 1.85 bits per heavy atom. The lowest BCUT2D eigenvalue weighted by Gasteiger charge is -2.32. The summed E-state index contributed by atoms with van der Waals surface area (Å²) in [6, 6.07) is 12.7. The van der Waals surface area contributed by atoms with Crippen LogP contribution >= 0.6 is 24.0 Å². The molecule has 0 radical (unpaired) electrons. The van der Waals surface area contributed by atoms with Crippen molar-refractivity contribution in [2.24, 2.45) is 5.73 Å². The summed E-state index contributed by atoms with van der Waals surface area (Å²) < 4.78 is 0. The summed E-state index contributed by atoms with van der Waals surface area (Å²) in [5, 5.41) is 7.26. The summed E-state index contributed by atoms with van der Waals surface area (Å²) in [6.07, 6.45) is -0.123. The first-order valence-electron chi connectivity index (χ1n) is 8.04. The van der Waals surface area contributed by atoms with Gasteiger partial charge in [0.05, 0.1) is 11.3 Å². The number of nitrogens with one attached hydrogen (secondary N) is 2. The molecule has 1 unspecified atom stereocenters. The van der Waals surface area contributed by atoms with E-state index in [-0.39, 0.29) is 19.4 Å². The molecule has 138 valence electrons. The minimum absolute atomic E-state index is 0.177.